The number of aromatic nitrogens is 6. The molecule has 0 amide bonds. The number of benzene rings is 6. The molecule has 60 heavy (non-hydrogen) atoms. The average Bonchev–Trinajstić information content (AvgIpc) is 3.97. The van der Waals surface area contributed by atoms with Crippen LogP contribution >= 0.6 is 11.3 Å². The van der Waals surface area contributed by atoms with Crippen molar-refractivity contribution in [3.63, 3.8) is 0 Å². The molecule has 0 atom stereocenters. The molecule has 9 heteroatoms. The lowest BCUT2D eigenvalue weighted by Gasteiger charge is -2.22. The van der Waals surface area contributed by atoms with Crippen LogP contribution in [0.25, 0.3) is 87.9 Å². The molecule has 10 aromatic rings. The highest BCUT2D eigenvalue weighted by Crippen LogP contribution is 2.45. The Kier molecular flexibility index (Phi) is 8.93. The third-order valence-corrected chi connectivity index (χ3v) is 14.5. The monoisotopic (exact) mass is 816 g/mol. The molecule has 0 aliphatic rings. The lowest BCUT2D eigenvalue weighted by molar-refractivity contribution is 0.477. The van der Waals surface area contributed by atoms with E-state index in [1.165, 1.54) is 10.8 Å². The van der Waals surface area contributed by atoms with Crippen LogP contribution in [0.15, 0.2) is 152 Å². The van der Waals surface area contributed by atoms with Gasteiger partial charge in [-0.1, -0.05) is 148 Å². The number of aromatic hydroxyl groups is 1. The Morgan fingerprint density at radius 2 is 1.40 bits per heavy atom. The molecule has 0 radical (unpaired) electrons. The van der Waals surface area contributed by atoms with Gasteiger partial charge in [0.25, 0.3) is 0 Å². The van der Waals surface area contributed by atoms with E-state index in [1.54, 1.807) is 23.7 Å². The standard InChI is InChI=1S/C51H44N6OSSi/c1-51(2,3)37-27-35(26-36(28-37)41-29-34(24-25-52-41)32-14-9-7-10-15-32)39-18-13-19-43-47(39)55-49(46-44(58)22-23-45-48(46)57-50(59-45)53-31-54-57)56(43)42-21-20-38(60(4,5)6)30-40(42)33-16-11-8-12-17-33/h7-31,58H,1-6H3. The zero-order chi connectivity index (χ0) is 41.3. The first-order chi connectivity index (χ1) is 28.9. The minimum absolute atomic E-state index is 0.122. The molecule has 0 bridgehead atoms. The van der Waals surface area contributed by atoms with Crippen molar-refractivity contribution in [1.29, 1.82) is 0 Å². The van der Waals surface area contributed by atoms with E-state index < -0.39 is 8.07 Å². The number of rotatable bonds is 7. The Balaban J connectivity index is 1.28. The van der Waals surface area contributed by atoms with Crippen LogP contribution in [-0.4, -0.2) is 42.3 Å². The lowest BCUT2D eigenvalue weighted by atomic mass is 9.83. The van der Waals surface area contributed by atoms with Gasteiger partial charge in [0, 0.05) is 22.9 Å². The highest BCUT2D eigenvalue weighted by Gasteiger charge is 2.28. The first kappa shape index (κ1) is 37.6. The predicted molar refractivity (Wildman–Crippen MR) is 251 cm³/mol. The van der Waals surface area contributed by atoms with Crippen molar-refractivity contribution in [2.75, 3.05) is 0 Å². The maximum atomic E-state index is 12.0. The Labute approximate surface area is 354 Å². The van der Waals surface area contributed by atoms with Crippen LogP contribution in [0, 0.1) is 0 Å². The van der Waals surface area contributed by atoms with E-state index in [0.717, 1.165) is 76.5 Å². The van der Waals surface area contributed by atoms with E-state index in [1.807, 2.05) is 22.8 Å². The smallest absolute Gasteiger partial charge is 0.213 e. The second kappa shape index (κ2) is 14.3. The van der Waals surface area contributed by atoms with Gasteiger partial charge in [0.05, 0.1) is 46.3 Å². The maximum Gasteiger partial charge on any atom is 0.213 e. The number of phenolic OH excluding ortho intramolecular Hbond substituents is 1. The van der Waals surface area contributed by atoms with Gasteiger partial charge in [-0.2, -0.15) is 5.10 Å². The molecule has 0 aliphatic carbocycles. The minimum atomic E-state index is -1.71. The number of phenols is 1. The molecule has 4 heterocycles. The molecule has 7 nitrogen and oxygen atoms in total. The summed E-state index contributed by atoms with van der Waals surface area (Å²) in [6.07, 6.45) is 3.46. The summed E-state index contributed by atoms with van der Waals surface area (Å²) in [6, 6.07) is 49.1. The summed E-state index contributed by atoms with van der Waals surface area (Å²) in [5.74, 6) is 0.746. The van der Waals surface area contributed by atoms with Crippen LogP contribution in [-0.2, 0) is 5.41 Å². The molecule has 0 spiro atoms. The molecule has 1 N–H and O–H groups in total. The van der Waals surface area contributed by atoms with Gasteiger partial charge >= 0.3 is 0 Å². The van der Waals surface area contributed by atoms with E-state index in [-0.39, 0.29) is 11.2 Å². The highest BCUT2D eigenvalue weighted by atomic mass is 32.1. The number of hydrogen-bond donors (Lipinski definition) is 1. The first-order valence-electron chi connectivity index (χ1n) is 20.3. The summed E-state index contributed by atoms with van der Waals surface area (Å²) in [7, 11) is -1.71. The van der Waals surface area contributed by atoms with Crippen LogP contribution in [0.5, 0.6) is 5.75 Å². The SMILES string of the molecule is CC(C)(C)c1cc(-c2cc(-c3ccccc3)ccn2)cc(-c2cccc3c2nc(-c2c(O)ccc4sc5ncnn5c24)n3-c2ccc([Si](C)(C)C)cc2-c2ccccc2)c1. The highest BCUT2D eigenvalue weighted by molar-refractivity contribution is 7.23. The molecule has 0 saturated carbocycles. The third-order valence-electron chi connectivity index (χ3n) is 11.4. The van der Waals surface area contributed by atoms with E-state index in [2.05, 4.69) is 176 Å². The maximum absolute atomic E-state index is 12.0. The van der Waals surface area contributed by atoms with Crippen molar-refractivity contribution in [2.45, 2.75) is 45.8 Å². The van der Waals surface area contributed by atoms with Crippen LogP contribution < -0.4 is 5.19 Å². The Morgan fingerprint density at radius 1 is 0.650 bits per heavy atom. The Morgan fingerprint density at radius 3 is 2.15 bits per heavy atom. The van der Waals surface area contributed by atoms with Gasteiger partial charge in [0.2, 0.25) is 4.96 Å². The largest absolute Gasteiger partial charge is 0.507 e. The summed E-state index contributed by atoms with van der Waals surface area (Å²) >= 11 is 1.54. The van der Waals surface area contributed by atoms with E-state index in [4.69, 9.17) is 9.97 Å². The first-order valence-corrected chi connectivity index (χ1v) is 24.6. The summed E-state index contributed by atoms with van der Waals surface area (Å²) in [6.45, 7) is 13.9. The molecular formula is C51H44N6OSSi. The number of para-hydroxylation sites is 1. The zero-order valence-corrected chi connectivity index (χ0v) is 36.3. The molecule has 0 unspecified atom stereocenters. The Hall–Kier alpha value is -6.68. The van der Waals surface area contributed by atoms with Crippen molar-refractivity contribution in [3.8, 4) is 67.5 Å². The fourth-order valence-corrected chi connectivity index (χ4v) is 10.3. The van der Waals surface area contributed by atoms with Crippen molar-refractivity contribution >= 4 is 50.8 Å². The van der Waals surface area contributed by atoms with Gasteiger partial charge in [0.15, 0.2) is 5.82 Å². The zero-order valence-electron chi connectivity index (χ0n) is 34.5. The van der Waals surface area contributed by atoms with Gasteiger partial charge in [-0.15, -0.1) is 0 Å². The summed E-state index contributed by atoms with van der Waals surface area (Å²) in [4.78, 5) is 15.8. The van der Waals surface area contributed by atoms with Crippen molar-refractivity contribution < 1.29 is 5.11 Å². The quantitative estimate of drug-likeness (QED) is 0.162. The number of hydrogen-bond acceptors (Lipinski definition) is 6. The fraction of sp³-hybridized carbons (Fsp3) is 0.137. The number of pyridine rings is 1. The fourth-order valence-electron chi connectivity index (χ4n) is 8.18. The lowest BCUT2D eigenvalue weighted by Crippen LogP contribution is -2.37. The summed E-state index contributed by atoms with van der Waals surface area (Å²) in [5.41, 5.74) is 13.6. The van der Waals surface area contributed by atoms with Crippen molar-refractivity contribution in [2.24, 2.45) is 0 Å². The molecule has 0 fully saturated rings. The van der Waals surface area contributed by atoms with Crippen LogP contribution in [0.4, 0.5) is 0 Å². The van der Waals surface area contributed by atoms with Crippen LogP contribution in [0.3, 0.4) is 0 Å². The predicted octanol–water partition coefficient (Wildman–Crippen LogP) is 12.6. The van der Waals surface area contributed by atoms with E-state index in [9.17, 15) is 5.11 Å². The van der Waals surface area contributed by atoms with Crippen molar-refractivity contribution in [1.82, 2.24) is 29.1 Å². The van der Waals surface area contributed by atoms with Gasteiger partial charge in [-0.25, -0.2) is 14.5 Å². The average molecular weight is 817 g/mol. The topological polar surface area (TPSA) is 81.1 Å². The number of imidazole rings is 1. The normalized spacial score (nSPS) is 12.2. The summed E-state index contributed by atoms with van der Waals surface area (Å²) < 4.78 is 5.02. The summed E-state index contributed by atoms with van der Waals surface area (Å²) in [5, 5.41) is 18.0. The van der Waals surface area contributed by atoms with Crippen LogP contribution in [0.1, 0.15) is 26.3 Å². The molecule has 10 rings (SSSR count). The minimum Gasteiger partial charge on any atom is -0.507 e. The van der Waals surface area contributed by atoms with E-state index >= 15 is 0 Å². The Bertz CT molecular complexity index is 3240. The van der Waals surface area contributed by atoms with Crippen molar-refractivity contribution in [3.05, 3.63) is 158 Å². The number of nitrogens with zero attached hydrogens (tertiary/aromatic N) is 6. The number of fused-ring (bicyclic) bond motifs is 4. The van der Waals surface area contributed by atoms with E-state index in [0.29, 0.717) is 11.4 Å². The van der Waals surface area contributed by atoms with Gasteiger partial charge < -0.3 is 5.11 Å². The molecule has 294 valence electrons. The molecule has 6 aromatic carbocycles. The second-order valence-electron chi connectivity index (χ2n) is 17.5. The number of thiazole rings is 1. The second-order valence-corrected chi connectivity index (χ2v) is 23.6. The van der Waals surface area contributed by atoms with Gasteiger partial charge in [0.1, 0.15) is 12.1 Å². The molecule has 4 aromatic heterocycles. The molecular weight excluding hydrogens is 773 g/mol. The third kappa shape index (κ3) is 6.51. The van der Waals surface area contributed by atoms with Crippen LogP contribution in [0.2, 0.25) is 19.6 Å². The van der Waals surface area contributed by atoms with Gasteiger partial charge in [-0.05, 0) is 81.8 Å². The van der Waals surface area contributed by atoms with Gasteiger partial charge in [-0.3, -0.25) is 9.55 Å². The molecule has 0 aliphatic heterocycles. The molecule has 0 saturated heterocycles.